The Hall–Kier alpha value is -1.04. The fourth-order valence-corrected chi connectivity index (χ4v) is 2.58. The molecule has 102 valence electrons. The summed E-state index contributed by atoms with van der Waals surface area (Å²) in [5, 5.41) is 11.7. The lowest BCUT2D eigenvalue weighted by molar-refractivity contribution is 0.422. The van der Waals surface area contributed by atoms with Gasteiger partial charge in [-0.15, -0.1) is 0 Å². The van der Waals surface area contributed by atoms with Crippen LogP contribution in [0.1, 0.15) is 26.3 Å². The van der Waals surface area contributed by atoms with E-state index in [1.165, 1.54) is 23.7 Å². The second-order valence-electron chi connectivity index (χ2n) is 5.25. The Bertz CT molecular complexity index is 534. The molecule has 0 radical (unpaired) electrons. The molecular weight excluding hydrogens is 280 g/mol. The molecule has 1 aromatic heterocycles. The Morgan fingerprint density at radius 1 is 1.37 bits per heavy atom. The van der Waals surface area contributed by atoms with E-state index in [0.717, 1.165) is 21.6 Å². The molecule has 0 saturated carbocycles. The molecule has 0 amide bonds. The van der Waals surface area contributed by atoms with Crippen LogP contribution in [0.5, 0.6) is 0 Å². The van der Waals surface area contributed by atoms with E-state index in [1.807, 2.05) is 18.2 Å². The van der Waals surface area contributed by atoms with Gasteiger partial charge in [-0.3, -0.25) is 5.10 Å². The molecule has 0 fully saturated rings. The molecule has 6 heteroatoms. The minimum atomic E-state index is 0.0772. The van der Waals surface area contributed by atoms with Crippen molar-refractivity contribution in [1.29, 1.82) is 0 Å². The zero-order valence-corrected chi connectivity index (χ0v) is 12.8. The van der Waals surface area contributed by atoms with E-state index in [1.54, 1.807) is 0 Å². The summed E-state index contributed by atoms with van der Waals surface area (Å²) in [5.41, 5.74) is 1.27. The minimum Gasteiger partial charge on any atom is -0.308 e. The molecule has 4 nitrogen and oxygen atoms in total. The van der Waals surface area contributed by atoms with Gasteiger partial charge in [0.25, 0.3) is 0 Å². The maximum Gasteiger partial charge on any atom is 0.188 e. The molecule has 0 unspecified atom stereocenters. The predicted octanol–water partition coefficient (Wildman–Crippen LogP) is 3.50. The number of aromatic nitrogens is 3. The van der Waals surface area contributed by atoms with Gasteiger partial charge in [0.1, 0.15) is 6.33 Å². The van der Waals surface area contributed by atoms with Crippen LogP contribution in [0.15, 0.2) is 34.6 Å². The molecule has 19 heavy (non-hydrogen) atoms. The maximum absolute atomic E-state index is 6.07. The van der Waals surface area contributed by atoms with E-state index in [9.17, 15) is 0 Å². The summed E-state index contributed by atoms with van der Waals surface area (Å²) in [6, 6.07) is 5.90. The quantitative estimate of drug-likeness (QED) is 0.907. The first-order valence-corrected chi connectivity index (χ1v) is 7.20. The van der Waals surface area contributed by atoms with Gasteiger partial charge in [-0.05, 0) is 50.2 Å². The molecule has 2 N–H and O–H groups in total. The summed E-state index contributed by atoms with van der Waals surface area (Å²) < 4.78 is 0. The Kier molecular flexibility index (Phi) is 4.50. The minimum absolute atomic E-state index is 0.0772. The number of hydrogen-bond acceptors (Lipinski definition) is 4. The molecule has 2 aromatic rings. The molecule has 0 saturated heterocycles. The van der Waals surface area contributed by atoms with Crippen LogP contribution in [0.3, 0.4) is 0 Å². The van der Waals surface area contributed by atoms with Gasteiger partial charge in [0.05, 0.1) is 0 Å². The van der Waals surface area contributed by atoms with E-state index >= 15 is 0 Å². The van der Waals surface area contributed by atoms with E-state index in [4.69, 9.17) is 11.6 Å². The number of nitrogens with one attached hydrogen (secondary N) is 2. The second kappa shape index (κ2) is 5.94. The van der Waals surface area contributed by atoms with Crippen LogP contribution < -0.4 is 5.32 Å². The number of aromatic amines is 1. The molecule has 0 aliphatic rings. The van der Waals surface area contributed by atoms with Crippen LogP contribution in [0.25, 0.3) is 0 Å². The van der Waals surface area contributed by atoms with E-state index in [2.05, 4.69) is 41.3 Å². The first-order valence-electron chi connectivity index (χ1n) is 6.01. The van der Waals surface area contributed by atoms with Gasteiger partial charge in [0.15, 0.2) is 5.16 Å². The van der Waals surface area contributed by atoms with Gasteiger partial charge in [-0.2, -0.15) is 5.10 Å². The van der Waals surface area contributed by atoms with E-state index < -0.39 is 0 Å². The SMILES string of the molecule is CC(C)(C)NCc1ccc(Cl)cc1Sc1ncn[nH]1. The van der Waals surface area contributed by atoms with Crippen LogP contribution in [-0.4, -0.2) is 20.7 Å². The van der Waals surface area contributed by atoms with Crippen molar-refractivity contribution in [1.82, 2.24) is 20.5 Å². The van der Waals surface area contributed by atoms with Crippen molar-refractivity contribution in [2.75, 3.05) is 0 Å². The first kappa shape index (κ1) is 14.4. The number of halogens is 1. The molecular formula is C13H17ClN4S. The Morgan fingerprint density at radius 3 is 2.79 bits per heavy atom. The number of hydrogen-bond donors (Lipinski definition) is 2. The highest BCUT2D eigenvalue weighted by Crippen LogP contribution is 2.30. The third-order valence-electron chi connectivity index (χ3n) is 2.44. The average molecular weight is 297 g/mol. The van der Waals surface area contributed by atoms with Gasteiger partial charge >= 0.3 is 0 Å². The number of benzene rings is 1. The number of rotatable bonds is 4. The maximum atomic E-state index is 6.07. The zero-order valence-electron chi connectivity index (χ0n) is 11.2. The summed E-state index contributed by atoms with van der Waals surface area (Å²) in [7, 11) is 0. The summed E-state index contributed by atoms with van der Waals surface area (Å²) >= 11 is 7.60. The standard InChI is InChI=1S/C13H17ClN4S/c1-13(2,3)16-7-9-4-5-10(14)6-11(9)19-12-15-8-17-18-12/h4-6,8,16H,7H2,1-3H3,(H,15,17,18). The Morgan fingerprint density at radius 2 is 2.16 bits per heavy atom. The lowest BCUT2D eigenvalue weighted by atomic mass is 10.1. The van der Waals surface area contributed by atoms with Gasteiger partial charge in [0.2, 0.25) is 0 Å². The van der Waals surface area contributed by atoms with Crippen LogP contribution in [0.2, 0.25) is 5.02 Å². The molecule has 0 aliphatic heterocycles. The van der Waals surface area contributed by atoms with Crippen LogP contribution >= 0.6 is 23.4 Å². The predicted molar refractivity (Wildman–Crippen MR) is 78.6 cm³/mol. The monoisotopic (exact) mass is 296 g/mol. The van der Waals surface area contributed by atoms with Crippen LogP contribution in [0, 0.1) is 0 Å². The Balaban J connectivity index is 2.18. The van der Waals surface area contributed by atoms with Gasteiger partial charge < -0.3 is 5.32 Å². The lowest BCUT2D eigenvalue weighted by Gasteiger charge is -2.21. The summed E-state index contributed by atoms with van der Waals surface area (Å²) in [6.45, 7) is 7.22. The van der Waals surface area contributed by atoms with Crippen molar-refractivity contribution in [3.05, 3.63) is 35.1 Å². The second-order valence-corrected chi connectivity index (χ2v) is 6.72. The Labute approximate surface area is 122 Å². The highest BCUT2D eigenvalue weighted by Gasteiger charge is 2.12. The fourth-order valence-electron chi connectivity index (χ4n) is 1.48. The highest BCUT2D eigenvalue weighted by atomic mass is 35.5. The van der Waals surface area contributed by atoms with Crippen molar-refractivity contribution < 1.29 is 0 Å². The van der Waals surface area contributed by atoms with E-state index in [-0.39, 0.29) is 5.54 Å². The van der Waals surface area contributed by atoms with Crippen LogP contribution in [0.4, 0.5) is 0 Å². The topological polar surface area (TPSA) is 53.6 Å². The average Bonchev–Trinajstić information content (AvgIpc) is 2.79. The van der Waals surface area contributed by atoms with Gasteiger partial charge in [0, 0.05) is 22.0 Å². The molecule has 2 rings (SSSR count). The molecule has 0 spiro atoms. The third kappa shape index (κ3) is 4.53. The van der Waals surface area contributed by atoms with Crippen molar-refractivity contribution >= 4 is 23.4 Å². The van der Waals surface area contributed by atoms with Crippen molar-refractivity contribution in [2.24, 2.45) is 0 Å². The highest BCUT2D eigenvalue weighted by molar-refractivity contribution is 7.99. The summed E-state index contributed by atoms with van der Waals surface area (Å²) in [6.07, 6.45) is 1.50. The van der Waals surface area contributed by atoms with Gasteiger partial charge in [-0.25, -0.2) is 4.98 Å². The first-order chi connectivity index (χ1) is 8.94. The summed E-state index contributed by atoms with van der Waals surface area (Å²) in [5.74, 6) is 0. The molecule has 1 heterocycles. The number of H-pyrrole nitrogens is 1. The molecule has 0 bridgehead atoms. The summed E-state index contributed by atoms with van der Waals surface area (Å²) in [4.78, 5) is 5.21. The lowest BCUT2D eigenvalue weighted by Crippen LogP contribution is -2.35. The molecule has 0 atom stereocenters. The third-order valence-corrected chi connectivity index (χ3v) is 3.66. The fraction of sp³-hybridized carbons (Fsp3) is 0.385. The molecule has 1 aromatic carbocycles. The van der Waals surface area contributed by atoms with Crippen LogP contribution in [-0.2, 0) is 6.54 Å². The van der Waals surface area contributed by atoms with Crippen molar-refractivity contribution in [3.8, 4) is 0 Å². The zero-order chi connectivity index (χ0) is 13.9. The normalized spacial score (nSPS) is 11.8. The van der Waals surface area contributed by atoms with Gasteiger partial charge in [-0.1, -0.05) is 17.7 Å². The number of nitrogens with zero attached hydrogens (tertiary/aromatic N) is 2. The van der Waals surface area contributed by atoms with E-state index in [0.29, 0.717) is 0 Å². The van der Waals surface area contributed by atoms with Crippen molar-refractivity contribution in [3.63, 3.8) is 0 Å². The smallest absolute Gasteiger partial charge is 0.188 e. The largest absolute Gasteiger partial charge is 0.308 e. The van der Waals surface area contributed by atoms with Crippen molar-refractivity contribution in [2.45, 2.75) is 42.9 Å². The molecule has 0 aliphatic carbocycles.